The van der Waals surface area contributed by atoms with Crippen molar-refractivity contribution in [2.75, 3.05) is 71.4 Å². The summed E-state index contributed by atoms with van der Waals surface area (Å²) in [5, 5.41) is 14.3. The van der Waals surface area contributed by atoms with Crippen LogP contribution in [0.25, 0.3) is 22.4 Å². The number of hydrogen-bond acceptors (Lipinski definition) is 10. The van der Waals surface area contributed by atoms with E-state index < -0.39 is 21.7 Å². The van der Waals surface area contributed by atoms with Gasteiger partial charge in [0.2, 0.25) is 0 Å². The van der Waals surface area contributed by atoms with Crippen LogP contribution in [-0.4, -0.2) is 92.9 Å². The molecular weight excluding hydrogens is 914 g/mol. The number of thioether (sulfide) groups is 1. The Labute approximate surface area is 400 Å². The van der Waals surface area contributed by atoms with Crippen molar-refractivity contribution in [2.24, 2.45) is 7.05 Å². The number of hydrogen-bond donors (Lipinski definition) is 3. The van der Waals surface area contributed by atoms with Crippen molar-refractivity contribution in [3.05, 3.63) is 143 Å². The number of nitrogens with zero attached hydrogens (tertiary/aromatic N) is 4. The molecule has 8 rings (SSSR count). The Bertz CT molecular complexity index is 2760. The Hall–Kier alpha value is -5.67. The third-order valence-corrected chi connectivity index (χ3v) is 15.2. The molecular formula is C51H55ClF2N6O5S2. The van der Waals surface area contributed by atoms with Gasteiger partial charge >= 0.3 is 6.15 Å². The molecule has 2 aliphatic heterocycles. The van der Waals surface area contributed by atoms with E-state index in [0.717, 1.165) is 84.6 Å². The quantitative estimate of drug-likeness (QED) is 0.0857. The highest BCUT2D eigenvalue weighted by Gasteiger charge is 2.25. The lowest BCUT2D eigenvalue weighted by atomic mass is 9.99. The number of halogens is 3. The maximum absolute atomic E-state index is 15.6. The fourth-order valence-electron chi connectivity index (χ4n) is 8.62. The fourth-order valence-corrected chi connectivity index (χ4v) is 10.9. The van der Waals surface area contributed by atoms with Crippen molar-refractivity contribution in [2.45, 2.75) is 55.0 Å². The predicted molar refractivity (Wildman–Crippen MR) is 265 cm³/mol. The topological polar surface area (TPSA) is 127 Å². The molecule has 1 atom stereocenters. The summed E-state index contributed by atoms with van der Waals surface area (Å²) in [6.45, 7) is 8.78. The van der Waals surface area contributed by atoms with Crippen LogP contribution in [-0.2, 0) is 26.7 Å². The molecule has 1 aromatic heterocycles. The second-order valence-corrected chi connectivity index (χ2v) is 20.1. The van der Waals surface area contributed by atoms with E-state index in [-0.39, 0.29) is 23.2 Å². The van der Waals surface area contributed by atoms with Crippen molar-refractivity contribution in [3.63, 3.8) is 0 Å². The Morgan fingerprint density at radius 2 is 1.46 bits per heavy atom. The third kappa shape index (κ3) is 12.5. The molecule has 2 fully saturated rings. The van der Waals surface area contributed by atoms with E-state index in [1.165, 1.54) is 4.90 Å². The number of rotatable bonds is 15. The number of piperazine rings is 1. The van der Waals surface area contributed by atoms with E-state index in [2.05, 4.69) is 32.0 Å². The molecule has 67 heavy (non-hydrogen) atoms. The van der Waals surface area contributed by atoms with Gasteiger partial charge in [-0.2, -0.15) is 9.59 Å². The van der Waals surface area contributed by atoms with E-state index in [0.29, 0.717) is 53.7 Å². The van der Waals surface area contributed by atoms with Gasteiger partial charge in [0.25, 0.3) is 10.0 Å². The van der Waals surface area contributed by atoms with Gasteiger partial charge in [-0.25, -0.2) is 17.2 Å². The molecule has 0 spiro atoms. The normalized spacial score (nSPS) is 15.1. The standard InChI is InChI=1S/C50H55ClF2N6O3S2.CO2/c1-34-29-43(17-18-48(34)54-39(33-63-42-7-5-4-6-8-42)19-22-57-23-20-41(60)21-24-57)64(61,62)55-38-13-15-40(16-14-38)58-25-27-59(28-26-58)49-31-44(46(52)32-47(49)53)45-30-35(2)56(3)50(45)36-9-11-37(51)12-10-36;2-1-3/h4-18,29-32,39,41,54-55,60H,19-28,33H2,1-3H3;/t39-;/m1./s1. The molecule has 16 heteroatoms. The molecule has 352 valence electrons. The van der Waals surface area contributed by atoms with Crippen LogP contribution in [0, 0.1) is 25.5 Å². The highest BCUT2D eigenvalue weighted by Crippen LogP contribution is 2.39. The van der Waals surface area contributed by atoms with Crippen LogP contribution in [0.4, 0.5) is 31.5 Å². The minimum atomic E-state index is -3.88. The highest BCUT2D eigenvalue weighted by molar-refractivity contribution is 7.99. The van der Waals surface area contributed by atoms with E-state index in [4.69, 9.17) is 21.2 Å². The first-order valence-electron chi connectivity index (χ1n) is 22.2. The highest BCUT2D eigenvalue weighted by atomic mass is 35.5. The minimum Gasteiger partial charge on any atom is -0.393 e. The molecule has 3 heterocycles. The number of benzene rings is 5. The zero-order chi connectivity index (χ0) is 47.7. The van der Waals surface area contributed by atoms with Crippen LogP contribution in [0.2, 0.25) is 5.02 Å². The molecule has 6 aromatic rings. The van der Waals surface area contributed by atoms with Gasteiger partial charge in [-0.1, -0.05) is 41.9 Å². The molecule has 0 aliphatic carbocycles. The number of anilines is 4. The second-order valence-electron chi connectivity index (χ2n) is 16.9. The first-order valence-corrected chi connectivity index (χ1v) is 25.1. The number of aryl methyl sites for hydroxylation is 2. The number of aliphatic hydroxyl groups excluding tert-OH is 1. The largest absolute Gasteiger partial charge is 0.393 e. The lowest BCUT2D eigenvalue weighted by Crippen LogP contribution is -2.46. The number of aliphatic hydroxyl groups is 1. The average Bonchev–Trinajstić information content (AvgIpc) is 3.61. The first kappa shape index (κ1) is 49.2. The van der Waals surface area contributed by atoms with E-state index in [1.807, 2.05) is 85.0 Å². The van der Waals surface area contributed by atoms with E-state index in [9.17, 15) is 13.5 Å². The lowest BCUT2D eigenvalue weighted by molar-refractivity contribution is -0.191. The fraction of sp³-hybridized carbons (Fsp3) is 0.314. The summed E-state index contributed by atoms with van der Waals surface area (Å²) < 4.78 is 63.1. The molecule has 0 unspecified atom stereocenters. The van der Waals surface area contributed by atoms with Crippen molar-refractivity contribution in [3.8, 4) is 22.4 Å². The SMILES string of the molecule is Cc1cc(S(=O)(=O)Nc2ccc(N3CCN(c4cc(-c5cc(C)n(C)c5-c5ccc(Cl)cc5)c(F)cc4F)CC3)cc2)ccc1N[C@H](CCN1CCC(O)CC1)CSc1ccccc1.O=C=O. The van der Waals surface area contributed by atoms with Gasteiger partial charge in [0.1, 0.15) is 11.6 Å². The van der Waals surface area contributed by atoms with Crippen molar-refractivity contribution in [1.29, 1.82) is 0 Å². The summed E-state index contributed by atoms with van der Waals surface area (Å²) in [4.78, 5) is 24.2. The summed E-state index contributed by atoms with van der Waals surface area (Å²) in [7, 11) is -1.95. The average molecular weight is 970 g/mol. The van der Waals surface area contributed by atoms with Crippen LogP contribution < -0.4 is 19.8 Å². The number of nitrogens with one attached hydrogen (secondary N) is 2. The van der Waals surface area contributed by atoms with E-state index in [1.54, 1.807) is 54.2 Å². The summed E-state index contributed by atoms with van der Waals surface area (Å²) in [6, 6.07) is 34.9. The van der Waals surface area contributed by atoms with Crippen LogP contribution in [0.15, 0.2) is 125 Å². The van der Waals surface area contributed by atoms with Crippen LogP contribution in [0.3, 0.4) is 0 Å². The number of piperidine rings is 1. The molecule has 11 nitrogen and oxygen atoms in total. The predicted octanol–water partition coefficient (Wildman–Crippen LogP) is 9.87. The molecule has 0 radical (unpaired) electrons. The summed E-state index contributed by atoms with van der Waals surface area (Å²) in [5.74, 6) is -0.384. The Balaban J connectivity index is 0.00000216. The molecule has 0 amide bonds. The Morgan fingerprint density at radius 3 is 2.12 bits per heavy atom. The first-order chi connectivity index (χ1) is 32.2. The maximum atomic E-state index is 15.6. The van der Waals surface area contributed by atoms with Gasteiger partial charge in [-0.15, -0.1) is 11.8 Å². The van der Waals surface area contributed by atoms with Gasteiger partial charge < -0.3 is 29.7 Å². The zero-order valence-corrected chi connectivity index (χ0v) is 40.1. The van der Waals surface area contributed by atoms with Gasteiger partial charge in [0.15, 0.2) is 0 Å². The molecule has 5 aromatic carbocycles. The van der Waals surface area contributed by atoms with Gasteiger partial charge in [-0.3, -0.25) is 4.72 Å². The lowest BCUT2D eigenvalue weighted by Gasteiger charge is -2.37. The molecule has 2 saturated heterocycles. The smallest absolute Gasteiger partial charge is 0.373 e. The summed E-state index contributed by atoms with van der Waals surface area (Å²) in [5.41, 5.74) is 7.10. The van der Waals surface area contributed by atoms with Crippen molar-refractivity contribution >= 4 is 62.3 Å². The molecule has 0 bridgehead atoms. The zero-order valence-electron chi connectivity index (χ0n) is 37.7. The Morgan fingerprint density at radius 1 is 0.806 bits per heavy atom. The van der Waals surface area contributed by atoms with Gasteiger partial charge in [0, 0.05) is 115 Å². The number of carbonyl (C=O) groups excluding carboxylic acids is 2. The molecule has 3 N–H and O–H groups in total. The van der Waals surface area contributed by atoms with Crippen LogP contribution in [0.5, 0.6) is 0 Å². The molecule has 2 aliphatic rings. The van der Waals surface area contributed by atoms with Gasteiger partial charge in [-0.05, 0) is 123 Å². The molecule has 0 saturated carbocycles. The second kappa shape index (κ2) is 22.4. The third-order valence-electron chi connectivity index (χ3n) is 12.4. The van der Waals surface area contributed by atoms with Crippen molar-refractivity contribution < 1.29 is 31.9 Å². The Kier molecular flexibility index (Phi) is 16.5. The monoisotopic (exact) mass is 968 g/mol. The number of aromatic nitrogens is 1. The number of sulfonamides is 1. The van der Waals surface area contributed by atoms with Gasteiger partial charge in [0.05, 0.1) is 22.4 Å². The summed E-state index contributed by atoms with van der Waals surface area (Å²) in [6.07, 6.45) is 2.56. The summed E-state index contributed by atoms with van der Waals surface area (Å²) >= 11 is 7.96. The maximum Gasteiger partial charge on any atom is 0.373 e. The van der Waals surface area contributed by atoms with E-state index >= 15 is 8.78 Å². The van der Waals surface area contributed by atoms with Crippen LogP contribution in [0.1, 0.15) is 30.5 Å². The minimum absolute atomic E-state index is 0.147. The van der Waals surface area contributed by atoms with Crippen molar-refractivity contribution in [1.82, 2.24) is 9.47 Å². The number of likely N-dealkylation sites (tertiary alicyclic amines) is 1. The van der Waals surface area contributed by atoms with Crippen LogP contribution >= 0.6 is 23.4 Å².